The van der Waals surface area contributed by atoms with Crippen molar-refractivity contribution in [2.24, 2.45) is 5.41 Å². The predicted octanol–water partition coefficient (Wildman–Crippen LogP) is 8.45. The van der Waals surface area contributed by atoms with Crippen molar-refractivity contribution in [3.63, 3.8) is 0 Å². The van der Waals surface area contributed by atoms with Crippen molar-refractivity contribution < 1.29 is 20.3 Å². The molecule has 0 fully saturated rings. The summed E-state index contributed by atoms with van der Waals surface area (Å²) in [4.78, 5) is 4.61. The van der Waals surface area contributed by atoms with Crippen molar-refractivity contribution in [2.45, 2.75) is 26.4 Å². The topological polar surface area (TPSA) is 26.0 Å². The van der Waals surface area contributed by atoms with E-state index in [9.17, 15) is 13.2 Å². The summed E-state index contributed by atoms with van der Waals surface area (Å²) < 4.78 is 62.7. The summed E-state index contributed by atoms with van der Waals surface area (Å²) in [6.45, 7) is 1.76. The van der Waals surface area contributed by atoms with Gasteiger partial charge in [0, 0.05) is 30.8 Å². The summed E-state index contributed by atoms with van der Waals surface area (Å²) >= 11 is 0. The molecule has 0 saturated heterocycles. The molecule has 5 rings (SSSR count). The maximum atomic E-state index is 13.4. The number of pyridine rings is 1. The van der Waals surface area contributed by atoms with Crippen molar-refractivity contribution in [1.29, 1.82) is 0 Å². The fraction of sp³-hybridized carbons (Fsp3) is 0.179. The molecule has 0 saturated carbocycles. The monoisotopic (exact) mass is 447 g/mol. The van der Waals surface area contributed by atoms with Crippen LogP contribution >= 0.6 is 0 Å². The fourth-order valence-electron chi connectivity index (χ4n) is 3.85. The SMILES string of the molecule is [2H]C([2H])(c1ccc(-c2ccc(-c3cccc4c3oc3ccccc34)nc2)cc1)C(C)(C)C(F)(F)F. The van der Waals surface area contributed by atoms with E-state index >= 15 is 0 Å². The molecule has 0 spiro atoms. The number of aromatic nitrogens is 1. The van der Waals surface area contributed by atoms with Gasteiger partial charge in [-0.1, -0.05) is 74.5 Å². The van der Waals surface area contributed by atoms with E-state index in [4.69, 9.17) is 7.16 Å². The van der Waals surface area contributed by atoms with Crippen LogP contribution < -0.4 is 0 Å². The van der Waals surface area contributed by atoms with Crippen LogP contribution in [-0.2, 0) is 6.37 Å². The third kappa shape index (κ3) is 3.88. The Hall–Kier alpha value is -3.60. The average molecular weight is 447 g/mol. The second-order valence-corrected chi connectivity index (χ2v) is 8.54. The molecule has 5 heteroatoms. The molecule has 0 unspecified atom stereocenters. The number of alkyl halides is 3. The van der Waals surface area contributed by atoms with Gasteiger partial charge >= 0.3 is 6.18 Å². The van der Waals surface area contributed by atoms with Gasteiger partial charge in [-0.3, -0.25) is 4.98 Å². The van der Waals surface area contributed by atoms with Crippen LogP contribution in [0.4, 0.5) is 13.2 Å². The van der Waals surface area contributed by atoms with E-state index in [2.05, 4.69) is 4.98 Å². The van der Waals surface area contributed by atoms with Crippen LogP contribution in [-0.4, -0.2) is 11.2 Å². The van der Waals surface area contributed by atoms with Crippen molar-refractivity contribution in [1.82, 2.24) is 4.98 Å². The number of para-hydroxylation sites is 2. The molecule has 0 atom stereocenters. The lowest BCUT2D eigenvalue weighted by molar-refractivity contribution is -0.211. The summed E-state index contributed by atoms with van der Waals surface area (Å²) in [5, 5.41) is 2.05. The number of nitrogens with zero attached hydrogens (tertiary/aromatic N) is 1. The second-order valence-electron chi connectivity index (χ2n) is 8.54. The number of rotatable bonds is 4. The highest BCUT2D eigenvalue weighted by Gasteiger charge is 2.46. The largest absolute Gasteiger partial charge is 0.455 e. The molecule has 166 valence electrons. The van der Waals surface area contributed by atoms with E-state index < -0.39 is 18.0 Å². The normalized spacial score (nSPS) is 13.8. The Morgan fingerprint density at radius 3 is 2.21 bits per heavy atom. The Labute approximate surface area is 192 Å². The van der Waals surface area contributed by atoms with Gasteiger partial charge < -0.3 is 4.42 Å². The molecule has 0 aliphatic rings. The van der Waals surface area contributed by atoms with Crippen LogP contribution in [0.2, 0.25) is 0 Å². The van der Waals surface area contributed by atoms with Gasteiger partial charge in [0.2, 0.25) is 0 Å². The standard InChI is InChI=1S/C28H22F3NO/c1-27(2,28(29,30)31)16-18-10-12-19(13-11-18)20-14-15-24(32-17-20)23-8-5-7-22-21-6-3-4-9-25(21)33-26(22)23/h3-15,17H,16H2,1-2H3/i16D2. The Morgan fingerprint density at radius 1 is 0.818 bits per heavy atom. The Morgan fingerprint density at radius 2 is 1.52 bits per heavy atom. The zero-order valence-electron chi connectivity index (χ0n) is 20.1. The smallest absolute Gasteiger partial charge is 0.394 e. The number of halogens is 3. The van der Waals surface area contributed by atoms with Gasteiger partial charge in [0.25, 0.3) is 0 Å². The summed E-state index contributed by atoms with van der Waals surface area (Å²) in [6, 6.07) is 23.6. The van der Waals surface area contributed by atoms with Crippen molar-refractivity contribution in [3.8, 4) is 22.4 Å². The predicted molar refractivity (Wildman–Crippen MR) is 126 cm³/mol. The summed E-state index contributed by atoms with van der Waals surface area (Å²) in [5.74, 6) is 0. The molecule has 5 aromatic rings. The Balaban J connectivity index is 1.46. The lowest BCUT2D eigenvalue weighted by Crippen LogP contribution is -2.34. The molecule has 2 nitrogen and oxygen atoms in total. The van der Waals surface area contributed by atoms with Crippen LogP contribution in [0.25, 0.3) is 44.3 Å². The van der Waals surface area contributed by atoms with Gasteiger partial charge in [-0.25, -0.2) is 0 Å². The first-order valence-corrected chi connectivity index (χ1v) is 10.5. The van der Waals surface area contributed by atoms with Crippen LogP contribution in [0.1, 0.15) is 22.2 Å². The van der Waals surface area contributed by atoms with E-state index in [1.165, 1.54) is 12.1 Å². The molecule has 0 amide bonds. The molecule has 0 aliphatic carbocycles. The van der Waals surface area contributed by atoms with Crippen LogP contribution in [0.15, 0.2) is 89.5 Å². The van der Waals surface area contributed by atoms with Gasteiger partial charge in [0.05, 0.1) is 11.1 Å². The third-order valence-corrected chi connectivity index (χ3v) is 5.83. The fourth-order valence-corrected chi connectivity index (χ4v) is 3.85. The molecule has 2 aromatic heterocycles. The summed E-state index contributed by atoms with van der Waals surface area (Å²) in [6.07, 6.45) is -5.57. The molecule has 0 N–H and O–H groups in total. The molecular formula is C28H22F3NO. The van der Waals surface area contributed by atoms with Gasteiger partial charge in [-0.15, -0.1) is 0 Å². The van der Waals surface area contributed by atoms with Gasteiger partial charge in [0.1, 0.15) is 11.2 Å². The van der Waals surface area contributed by atoms with Crippen molar-refractivity contribution >= 4 is 21.9 Å². The maximum Gasteiger partial charge on any atom is 0.394 e. The zero-order chi connectivity index (χ0) is 25.0. The third-order valence-electron chi connectivity index (χ3n) is 5.83. The first-order valence-electron chi connectivity index (χ1n) is 11.5. The minimum atomic E-state index is -4.68. The Kier molecular flexibility index (Phi) is 4.45. The molecular weight excluding hydrogens is 423 g/mol. The van der Waals surface area contributed by atoms with Crippen molar-refractivity contribution in [2.75, 3.05) is 0 Å². The quantitative estimate of drug-likeness (QED) is 0.276. The van der Waals surface area contributed by atoms with E-state index in [1.807, 2.05) is 54.6 Å². The first-order chi connectivity index (χ1) is 16.5. The second kappa shape index (κ2) is 7.77. The zero-order valence-corrected chi connectivity index (χ0v) is 18.1. The van der Waals surface area contributed by atoms with E-state index in [-0.39, 0.29) is 5.56 Å². The number of hydrogen-bond acceptors (Lipinski definition) is 2. The average Bonchev–Trinajstić information content (AvgIpc) is 3.22. The summed E-state index contributed by atoms with van der Waals surface area (Å²) in [5.41, 5.74) is 2.10. The molecule has 33 heavy (non-hydrogen) atoms. The Bertz CT molecular complexity index is 1520. The van der Waals surface area contributed by atoms with Gasteiger partial charge in [-0.2, -0.15) is 13.2 Å². The lowest BCUT2D eigenvalue weighted by atomic mass is 9.85. The molecule has 2 heterocycles. The van der Waals surface area contributed by atoms with Gasteiger partial charge in [-0.05, 0) is 35.7 Å². The van der Waals surface area contributed by atoms with Crippen LogP contribution in [0.5, 0.6) is 0 Å². The maximum absolute atomic E-state index is 13.4. The number of benzene rings is 3. The highest BCUT2D eigenvalue weighted by Crippen LogP contribution is 2.40. The van der Waals surface area contributed by atoms with E-state index in [0.717, 1.165) is 58.2 Å². The van der Waals surface area contributed by atoms with E-state index in [1.54, 1.807) is 18.3 Å². The van der Waals surface area contributed by atoms with Crippen LogP contribution in [0.3, 0.4) is 0 Å². The highest BCUT2D eigenvalue weighted by atomic mass is 19.4. The lowest BCUT2D eigenvalue weighted by Gasteiger charge is -2.27. The minimum absolute atomic E-state index is 0.0234. The van der Waals surface area contributed by atoms with Crippen molar-refractivity contribution in [3.05, 3.63) is 90.6 Å². The summed E-state index contributed by atoms with van der Waals surface area (Å²) in [7, 11) is 0. The minimum Gasteiger partial charge on any atom is -0.455 e. The molecule has 0 radical (unpaired) electrons. The molecule has 0 bridgehead atoms. The number of furan rings is 1. The van der Waals surface area contributed by atoms with E-state index in [0.29, 0.717) is 0 Å². The highest BCUT2D eigenvalue weighted by molar-refractivity contribution is 6.09. The van der Waals surface area contributed by atoms with Gasteiger partial charge in [0.15, 0.2) is 0 Å². The van der Waals surface area contributed by atoms with Crippen LogP contribution in [0, 0.1) is 5.41 Å². The molecule has 0 aliphatic heterocycles. The molecule has 3 aromatic carbocycles. The number of fused-ring (bicyclic) bond motifs is 3. The number of hydrogen-bond donors (Lipinski definition) is 0. The first kappa shape index (κ1) is 18.9.